The van der Waals surface area contributed by atoms with E-state index in [4.69, 9.17) is 0 Å². The summed E-state index contributed by atoms with van der Waals surface area (Å²) in [7, 11) is 1.91. The van der Waals surface area contributed by atoms with Crippen LogP contribution >= 0.6 is 0 Å². The van der Waals surface area contributed by atoms with Crippen molar-refractivity contribution in [3.8, 4) is 0 Å². The summed E-state index contributed by atoms with van der Waals surface area (Å²) in [6.07, 6.45) is 4.44. The van der Waals surface area contributed by atoms with Gasteiger partial charge in [-0.05, 0) is 19.4 Å². The van der Waals surface area contributed by atoms with Gasteiger partial charge in [0, 0.05) is 18.9 Å². The van der Waals surface area contributed by atoms with E-state index in [1.807, 2.05) is 24.7 Å². The Labute approximate surface area is 94.5 Å². The van der Waals surface area contributed by atoms with Gasteiger partial charge in [-0.3, -0.25) is 4.68 Å². The fourth-order valence-corrected chi connectivity index (χ4v) is 1.40. The molecule has 0 atom stereocenters. The van der Waals surface area contributed by atoms with Crippen LogP contribution in [0.4, 0.5) is 11.6 Å². The highest BCUT2D eigenvalue weighted by Crippen LogP contribution is 2.16. The van der Waals surface area contributed by atoms with Gasteiger partial charge in [0.2, 0.25) is 5.95 Å². The fraction of sp³-hybridized carbons (Fsp3) is 0.364. The van der Waals surface area contributed by atoms with E-state index in [2.05, 4.69) is 27.3 Å². The molecule has 2 heterocycles. The molecule has 0 fully saturated rings. The highest BCUT2D eigenvalue weighted by atomic mass is 15.3. The van der Waals surface area contributed by atoms with E-state index in [1.165, 1.54) is 0 Å². The normalized spacial score (nSPS) is 10.4. The van der Waals surface area contributed by atoms with Crippen molar-refractivity contribution in [3.05, 3.63) is 29.8 Å². The van der Waals surface area contributed by atoms with E-state index >= 15 is 0 Å². The largest absolute Gasteiger partial charge is 0.321 e. The quantitative estimate of drug-likeness (QED) is 0.852. The number of aromatic nitrogens is 4. The van der Waals surface area contributed by atoms with Crippen LogP contribution in [0, 0.1) is 6.92 Å². The number of hydrogen-bond acceptors (Lipinski definition) is 4. The molecule has 0 unspecified atom stereocenters. The first-order chi connectivity index (χ1) is 7.70. The molecule has 2 aromatic rings. The second kappa shape index (κ2) is 4.30. The monoisotopic (exact) mass is 217 g/mol. The minimum atomic E-state index is 0.621. The molecule has 2 rings (SSSR count). The Bertz CT molecular complexity index is 489. The summed E-state index contributed by atoms with van der Waals surface area (Å²) >= 11 is 0. The maximum absolute atomic E-state index is 4.38. The van der Waals surface area contributed by atoms with E-state index in [0.29, 0.717) is 5.95 Å². The summed E-state index contributed by atoms with van der Waals surface area (Å²) in [6.45, 7) is 4.07. The molecule has 1 N–H and O–H groups in total. The standard InChI is InChI=1S/C11H15N5/c1-4-9-5-6-12-11(14-9)15-10-7-13-16(3)8(10)2/h5-7H,4H2,1-3H3,(H,12,14,15). The highest BCUT2D eigenvalue weighted by molar-refractivity contribution is 5.54. The molecule has 0 bridgehead atoms. The van der Waals surface area contributed by atoms with Gasteiger partial charge in [-0.2, -0.15) is 5.10 Å². The maximum atomic E-state index is 4.38. The van der Waals surface area contributed by atoms with Crippen LogP contribution in [-0.4, -0.2) is 19.7 Å². The molecule has 0 radical (unpaired) electrons. The lowest BCUT2D eigenvalue weighted by atomic mass is 10.3. The SMILES string of the molecule is CCc1ccnc(Nc2cnn(C)c2C)n1. The van der Waals surface area contributed by atoms with Crippen molar-refractivity contribution in [3.63, 3.8) is 0 Å². The predicted molar refractivity (Wildman–Crippen MR) is 62.6 cm³/mol. The Morgan fingerprint density at radius 1 is 1.44 bits per heavy atom. The lowest BCUT2D eigenvalue weighted by Gasteiger charge is -2.04. The number of anilines is 2. The van der Waals surface area contributed by atoms with Gasteiger partial charge in [0.25, 0.3) is 0 Å². The molecule has 2 aromatic heterocycles. The molecule has 0 spiro atoms. The summed E-state index contributed by atoms with van der Waals surface area (Å²) in [5.41, 5.74) is 3.03. The van der Waals surface area contributed by atoms with Crippen molar-refractivity contribution in [2.75, 3.05) is 5.32 Å². The summed E-state index contributed by atoms with van der Waals surface area (Å²) in [5.74, 6) is 0.621. The van der Waals surface area contributed by atoms with Crippen molar-refractivity contribution >= 4 is 11.6 Å². The molecule has 0 aliphatic heterocycles. The van der Waals surface area contributed by atoms with E-state index < -0.39 is 0 Å². The van der Waals surface area contributed by atoms with Crippen molar-refractivity contribution in [1.82, 2.24) is 19.7 Å². The van der Waals surface area contributed by atoms with Crippen LogP contribution in [0.2, 0.25) is 0 Å². The third-order valence-electron chi connectivity index (χ3n) is 2.56. The first-order valence-corrected chi connectivity index (χ1v) is 5.28. The van der Waals surface area contributed by atoms with Crippen LogP contribution < -0.4 is 5.32 Å². The fourth-order valence-electron chi connectivity index (χ4n) is 1.40. The summed E-state index contributed by atoms with van der Waals surface area (Å²) in [4.78, 5) is 8.55. The van der Waals surface area contributed by atoms with Gasteiger partial charge < -0.3 is 5.32 Å². The zero-order chi connectivity index (χ0) is 11.5. The first kappa shape index (κ1) is 10.6. The van der Waals surface area contributed by atoms with Gasteiger partial charge in [-0.1, -0.05) is 6.92 Å². The minimum Gasteiger partial charge on any atom is -0.321 e. The summed E-state index contributed by atoms with van der Waals surface area (Å²) < 4.78 is 1.81. The zero-order valence-corrected chi connectivity index (χ0v) is 9.73. The number of nitrogens with zero attached hydrogens (tertiary/aromatic N) is 4. The summed E-state index contributed by atoms with van der Waals surface area (Å²) in [6, 6.07) is 1.92. The molecule has 84 valence electrons. The number of aryl methyl sites for hydroxylation is 2. The molecule has 0 aliphatic rings. The van der Waals surface area contributed by atoms with E-state index in [-0.39, 0.29) is 0 Å². The summed E-state index contributed by atoms with van der Waals surface area (Å²) in [5, 5.41) is 7.32. The van der Waals surface area contributed by atoms with Gasteiger partial charge >= 0.3 is 0 Å². The van der Waals surface area contributed by atoms with Crippen LogP contribution in [0.1, 0.15) is 18.3 Å². The Morgan fingerprint density at radius 2 is 2.25 bits per heavy atom. The molecule has 0 aromatic carbocycles. The molecule has 5 heteroatoms. The highest BCUT2D eigenvalue weighted by Gasteiger charge is 2.05. The molecular weight excluding hydrogens is 202 g/mol. The van der Waals surface area contributed by atoms with Gasteiger partial charge in [0.05, 0.1) is 17.6 Å². The topological polar surface area (TPSA) is 55.6 Å². The smallest absolute Gasteiger partial charge is 0.227 e. The third kappa shape index (κ3) is 2.03. The van der Waals surface area contributed by atoms with Crippen LogP contribution in [0.15, 0.2) is 18.5 Å². The van der Waals surface area contributed by atoms with E-state index in [9.17, 15) is 0 Å². The Hall–Kier alpha value is -1.91. The van der Waals surface area contributed by atoms with E-state index in [1.54, 1.807) is 12.4 Å². The third-order valence-corrected chi connectivity index (χ3v) is 2.56. The van der Waals surface area contributed by atoms with Crippen LogP contribution in [0.3, 0.4) is 0 Å². The van der Waals surface area contributed by atoms with Crippen LogP contribution in [0.25, 0.3) is 0 Å². The predicted octanol–water partition coefficient (Wildman–Crippen LogP) is 1.82. The Balaban J connectivity index is 2.23. The van der Waals surface area contributed by atoms with Crippen molar-refractivity contribution in [2.45, 2.75) is 20.3 Å². The van der Waals surface area contributed by atoms with Crippen LogP contribution in [0.5, 0.6) is 0 Å². The number of hydrogen-bond donors (Lipinski definition) is 1. The second-order valence-electron chi connectivity index (χ2n) is 3.62. The van der Waals surface area contributed by atoms with E-state index in [0.717, 1.165) is 23.5 Å². The van der Waals surface area contributed by atoms with Gasteiger partial charge in [0.15, 0.2) is 0 Å². The first-order valence-electron chi connectivity index (χ1n) is 5.28. The minimum absolute atomic E-state index is 0.621. The number of nitrogens with one attached hydrogen (secondary N) is 1. The van der Waals surface area contributed by atoms with Crippen molar-refractivity contribution in [1.29, 1.82) is 0 Å². The van der Waals surface area contributed by atoms with Gasteiger partial charge in [-0.25, -0.2) is 9.97 Å². The Morgan fingerprint density at radius 3 is 2.88 bits per heavy atom. The molecule has 5 nitrogen and oxygen atoms in total. The van der Waals surface area contributed by atoms with Gasteiger partial charge in [-0.15, -0.1) is 0 Å². The Kier molecular flexibility index (Phi) is 2.85. The van der Waals surface area contributed by atoms with Crippen molar-refractivity contribution in [2.24, 2.45) is 7.05 Å². The molecule has 0 amide bonds. The molecule has 0 saturated carbocycles. The molecule has 0 aliphatic carbocycles. The molecule has 16 heavy (non-hydrogen) atoms. The van der Waals surface area contributed by atoms with Crippen LogP contribution in [-0.2, 0) is 13.5 Å². The molecule has 0 saturated heterocycles. The maximum Gasteiger partial charge on any atom is 0.227 e. The van der Waals surface area contributed by atoms with Gasteiger partial charge in [0.1, 0.15) is 0 Å². The average molecular weight is 217 g/mol. The second-order valence-corrected chi connectivity index (χ2v) is 3.62. The molecular formula is C11H15N5. The number of rotatable bonds is 3. The average Bonchev–Trinajstić information content (AvgIpc) is 2.61. The van der Waals surface area contributed by atoms with Crippen molar-refractivity contribution < 1.29 is 0 Å². The zero-order valence-electron chi connectivity index (χ0n) is 9.73. The lowest BCUT2D eigenvalue weighted by Crippen LogP contribution is -2.00. The lowest BCUT2D eigenvalue weighted by molar-refractivity contribution is 0.740.